The van der Waals surface area contributed by atoms with Crippen molar-refractivity contribution < 1.29 is 51.3 Å². The van der Waals surface area contributed by atoms with Crippen molar-refractivity contribution in [3.63, 3.8) is 0 Å². The van der Waals surface area contributed by atoms with Crippen LogP contribution in [-0.2, 0) is 36.6 Å². The minimum atomic E-state index is -4.87. The zero-order valence-corrected chi connectivity index (χ0v) is 41.7. The van der Waals surface area contributed by atoms with Gasteiger partial charge in [0.2, 0.25) is 11.8 Å². The van der Waals surface area contributed by atoms with Crippen LogP contribution in [0, 0.1) is 22.6 Å². The smallest absolute Gasteiger partial charge is 0.417 e. The standard InChI is InChI=1S/C52H53F4N7O7S2/c1-50(2,3)45(47(67)61(46(66)41-24-37(64)26-59-41)28-31-8-10-33(11-9-31)43-27-58-30-72-43)60-44(65)29-69-20-6-7-21-70-38-17-13-32(14-18-38)34-15-19-42(40(53)22-34)63-49(71)62(48(68)51(63,4)5)36-16-12-35(25-57)39(23-36)52(54,55)56/h8-19,22-23,27,30,37,41,45,59,64H,6-7,20-21,24,26,28-29H2,1-5H3,(H,60,65)/t37-,41+,45?/m1/s1. The number of halogens is 4. The number of imide groups is 1. The average Bonchev–Trinajstić information content (AvgIpc) is 4.08. The molecule has 0 radical (unpaired) electrons. The van der Waals surface area contributed by atoms with Crippen molar-refractivity contribution >= 4 is 63.7 Å². The van der Waals surface area contributed by atoms with Crippen LogP contribution in [0.2, 0.25) is 0 Å². The van der Waals surface area contributed by atoms with Gasteiger partial charge in [-0.15, -0.1) is 11.3 Å². The van der Waals surface area contributed by atoms with Crippen molar-refractivity contribution in [2.75, 3.05) is 36.2 Å². The average molecular weight is 1030 g/mol. The van der Waals surface area contributed by atoms with Gasteiger partial charge in [-0.05, 0) is 115 Å². The molecule has 14 nitrogen and oxygen atoms in total. The van der Waals surface area contributed by atoms with Crippen molar-refractivity contribution in [2.24, 2.45) is 5.41 Å². The lowest BCUT2D eigenvalue weighted by Crippen LogP contribution is -2.58. The van der Waals surface area contributed by atoms with E-state index in [9.17, 15) is 42.7 Å². The van der Waals surface area contributed by atoms with E-state index in [1.54, 1.807) is 62.8 Å². The fraction of sp³-hybridized carbons (Fsp3) is 0.365. The second-order valence-electron chi connectivity index (χ2n) is 19.0. The Kier molecular flexibility index (Phi) is 16.3. The summed E-state index contributed by atoms with van der Waals surface area (Å²) in [5.74, 6) is -2.46. The van der Waals surface area contributed by atoms with Gasteiger partial charge >= 0.3 is 6.18 Å². The molecular weight excluding hydrogens is 975 g/mol. The third-order valence-electron chi connectivity index (χ3n) is 12.3. The zero-order chi connectivity index (χ0) is 52.1. The number of carbonyl (C=O) groups is 4. The quantitative estimate of drug-likeness (QED) is 0.0461. The van der Waals surface area contributed by atoms with Gasteiger partial charge in [0.25, 0.3) is 11.8 Å². The van der Waals surface area contributed by atoms with Crippen LogP contribution in [0.1, 0.15) is 70.6 Å². The van der Waals surface area contributed by atoms with Crippen LogP contribution in [0.25, 0.3) is 21.6 Å². The number of anilines is 2. The third kappa shape index (κ3) is 12.0. The lowest BCUT2D eigenvalue weighted by molar-refractivity contribution is -0.151. The van der Waals surface area contributed by atoms with E-state index in [4.69, 9.17) is 21.7 Å². The first-order valence-corrected chi connectivity index (χ1v) is 24.3. The molecule has 2 aliphatic heterocycles. The molecule has 2 saturated heterocycles. The molecule has 2 aliphatic rings. The summed E-state index contributed by atoms with van der Waals surface area (Å²) in [6.07, 6.45) is -2.56. The van der Waals surface area contributed by atoms with E-state index >= 15 is 4.39 Å². The maximum absolute atomic E-state index is 15.9. The number of nitrogens with zero attached hydrogens (tertiary/aromatic N) is 5. The molecule has 1 unspecified atom stereocenters. The Hall–Kier alpha value is -6.63. The van der Waals surface area contributed by atoms with Crippen molar-refractivity contribution in [3.05, 3.63) is 119 Å². The minimum absolute atomic E-state index is 0.0405. The van der Waals surface area contributed by atoms with Gasteiger partial charge in [-0.2, -0.15) is 18.4 Å². The fourth-order valence-electron chi connectivity index (χ4n) is 8.38. The summed E-state index contributed by atoms with van der Waals surface area (Å²) in [5, 5.41) is 24.9. The van der Waals surface area contributed by atoms with Crippen LogP contribution in [0.5, 0.6) is 5.75 Å². The van der Waals surface area contributed by atoms with E-state index in [-0.39, 0.29) is 49.2 Å². The number of unbranched alkanes of at least 4 members (excludes halogenated alkanes) is 1. The highest BCUT2D eigenvalue weighted by Gasteiger charge is 2.51. The molecule has 4 aromatic carbocycles. The van der Waals surface area contributed by atoms with Gasteiger partial charge in [-0.3, -0.25) is 34.0 Å². The maximum Gasteiger partial charge on any atom is 0.417 e. The second kappa shape index (κ2) is 22.0. The Balaban J connectivity index is 0.890. The van der Waals surface area contributed by atoms with Crippen LogP contribution in [0.4, 0.5) is 28.9 Å². The first-order chi connectivity index (χ1) is 34.1. The number of nitrogens with one attached hydrogen (secondary N) is 2. The highest BCUT2D eigenvalue weighted by molar-refractivity contribution is 7.81. The fourth-order valence-corrected chi connectivity index (χ4v) is 9.53. The molecule has 5 aromatic rings. The largest absolute Gasteiger partial charge is 0.494 e. The van der Waals surface area contributed by atoms with E-state index < -0.39 is 75.9 Å². The first kappa shape index (κ1) is 53.2. The highest BCUT2D eigenvalue weighted by Crippen LogP contribution is 2.41. The molecule has 2 fully saturated rings. The number of rotatable bonds is 17. The number of nitriles is 1. The molecule has 72 heavy (non-hydrogen) atoms. The maximum atomic E-state index is 15.9. The Morgan fingerprint density at radius 3 is 2.29 bits per heavy atom. The summed E-state index contributed by atoms with van der Waals surface area (Å²) >= 11 is 7.06. The van der Waals surface area contributed by atoms with Crippen LogP contribution >= 0.6 is 23.6 Å². The number of hydrogen-bond donors (Lipinski definition) is 3. The predicted octanol–water partition coefficient (Wildman–Crippen LogP) is 8.41. The minimum Gasteiger partial charge on any atom is -0.494 e. The van der Waals surface area contributed by atoms with Crippen molar-refractivity contribution in [3.8, 4) is 33.4 Å². The number of aliphatic hydroxyl groups is 1. The van der Waals surface area contributed by atoms with E-state index in [0.29, 0.717) is 48.0 Å². The van der Waals surface area contributed by atoms with Crippen molar-refractivity contribution in [2.45, 2.75) is 90.3 Å². The molecule has 0 saturated carbocycles. The van der Waals surface area contributed by atoms with E-state index in [1.807, 2.05) is 24.3 Å². The lowest BCUT2D eigenvalue weighted by atomic mass is 9.85. The van der Waals surface area contributed by atoms with Gasteiger partial charge < -0.3 is 30.1 Å². The first-order valence-electron chi connectivity index (χ1n) is 23.0. The van der Waals surface area contributed by atoms with E-state index in [0.717, 1.165) is 26.3 Å². The Bertz CT molecular complexity index is 2850. The van der Waals surface area contributed by atoms with Gasteiger partial charge in [0.15, 0.2) is 5.11 Å². The van der Waals surface area contributed by atoms with Gasteiger partial charge in [0.05, 0.1) is 64.3 Å². The molecule has 0 spiro atoms. The molecule has 378 valence electrons. The topological polar surface area (TPSA) is 177 Å². The third-order valence-corrected chi connectivity index (χ3v) is 13.5. The molecule has 3 N–H and O–H groups in total. The lowest BCUT2D eigenvalue weighted by Gasteiger charge is -2.35. The summed E-state index contributed by atoms with van der Waals surface area (Å²) in [5.41, 5.74) is 0.164. The van der Waals surface area contributed by atoms with Crippen molar-refractivity contribution in [1.29, 1.82) is 5.26 Å². The SMILES string of the molecule is CC(C)(C)C(NC(=O)COCCCCOc1ccc(-c2ccc(N3C(=S)N(c4ccc(C#N)c(C(F)(F)F)c4)C(=O)C3(C)C)c(F)c2)cc1)C(=O)N(Cc1ccc(-c2cncs2)cc1)C(=O)[C@@H]1C[C@@H](O)CN1. The monoisotopic (exact) mass is 1030 g/mol. The number of aliphatic hydroxyl groups excluding tert-OH is 1. The number of alkyl halides is 3. The molecule has 0 bridgehead atoms. The molecule has 3 heterocycles. The highest BCUT2D eigenvalue weighted by atomic mass is 32.1. The van der Waals surface area contributed by atoms with Crippen LogP contribution in [0.15, 0.2) is 96.6 Å². The van der Waals surface area contributed by atoms with Crippen LogP contribution in [0.3, 0.4) is 0 Å². The summed E-state index contributed by atoms with van der Waals surface area (Å²) in [6.45, 7) is 8.77. The summed E-state index contributed by atoms with van der Waals surface area (Å²) in [6, 6.07) is 21.3. The number of hydrogen-bond acceptors (Lipinski definition) is 12. The molecule has 7 rings (SSSR count). The van der Waals surface area contributed by atoms with Gasteiger partial charge in [-0.25, -0.2) is 4.39 Å². The second-order valence-corrected chi connectivity index (χ2v) is 20.2. The molecular formula is C52H53F4N7O7S2. The number of carbonyl (C=O) groups excluding carboxylic acids is 4. The molecule has 0 aliphatic carbocycles. The predicted molar refractivity (Wildman–Crippen MR) is 267 cm³/mol. The molecule has 3 atom stereocenters. The molecule has 4 amide bonds. The number of benzene rings is 4. The number of amides is 4. The number of β-amino-alcohol motifs (C(OH)–C–C–N with tert-alkyl or cyclic N) is 1. The van der Waals surface area contributed by atoms with Gasteiger partial charge in [-0.1, -0.05) is 63.2 Å². The van der Waals surface area contributed by atoms with E-state index in [2.05, 4.69) is 15.6 Å². The number of ether oxygens (including phenoxy) is 2. The number of thiazole rings is 1. The molecule has 1 aromatic heterocycles. The van der Waals surface area contributed by atoms with Gasteiger partial charge in [0.1, 0.15) is 29.8 Å². The zero-order valence-electron chi connectivity index (χ0n) is 40.1. The summed E-state index contributed by atoms with van der Waals surface area (Å²) in [7, 11) is 0. The summed E-state index contributed by atoms with van der Waals surface area (Å²) < 4.78 is 68.8. The van der Waals surface area contributed by atoms with Crippen molar-refractivity contribution in [1.82, 2.24) is 20.5 Å². The van der Waals surface area contributed by atoms with E-state index in [1.165, 1.54) is 54.4 Å². The normalized spacial score (nSPS) is 17.2. The Labute approximate surface area is 423 Å². The number of aromatic nitrogens is 1. The number of thiocarbonyl (C=S) groups is 1. The Morgan fingerprint density at radius 2 is 1.68 bits per heavy atom. The summed E-state index contributed by atoms with van der Waals surface area (Å²) in [4.78, 5) is 63.4. The van der Waals surface area contributed by atoms with Gasteiger partial charge in [0, 0.05) is 19.3 Å². The van der Waals surface area contributed by atoms with Crippen LogP contribution in [-0.4, -0.2) is 93.8 Å². The van der Waals surface area contributed by atoms with Crippen LogP contribution < -0.4 is 25.2 Å². The molecule has 20 heteroatoms. The Morgan fingerprint density at radius 1 is 1.00 bits per heavy atom.